The number of hydrogen-bond acceptors (Lipinski definition) is 3. The molecule has 0 spiro atoms. The highest BCUT2D eigenvalue weighted by atomic mass is 16.3. The van der Waals surface area contributed by atoms with E-state index in [1.807, 2.05) is 55.5 Å². The molecule has 0 fully saturated rings. The number of carbonyl (C=O) groups excluding carboxylic acids is 2. The Labute approximate surface area is 176 Å². The van der Waals surface area contributed by atoms with Crippen molar-refractivity contribution in [3.05, 3.63) is 101 Å². The Morgan fingerprint density at radius 3 is 2.23 bits per heavy atom. The summed E-state index contributed by atoms with van der Waals surface area (Å²) >= 11 is 0. The number of para-hydroxylation sites is 1. The molecule has 1 aliphatic rings. The summed E-state index contributed by atoms with van der Waals surface area (Å²) < 4.78 is 0. The van der Waals surface area contributed by atoms with Crippen LogP contribution in [0.25, 0.3) is 0 Å². The summed E-state index contributed by atoms with van der Waals surface area (Å²) in [5, 5.41) is 11.4. The van der Waals surface area contributed by atoms with E-state index in [2.05, 4.69) is 6.92 Å². The first-order valence-electron chi connectivity index (χ1n) is 10.2. The van der Waals surface area contributed by atoms with Crippen molar-refractivity contribution >= 4 is 17.4 Å². The summed E-state index contributed by atoms with van der Waals surface area (Å²) in [6.07, 6.45) is 0.608. The van der Waals surface area contributed by atoms with Gasteiger partial charge in [-0.2, -0.15) is 0 Å². The van der Waals surface area contributed by atoms with E-state index < -0.39 is 11.5 Å². The molecule has 3 aromatic rings. The molecule has 1 N–H and O–H groups in total. The van der Waals surface area contributed by atoms with E-state index in [4.69, 9.17) is 0 Å². The number of aryl methyl sites for hydroxylation is 2. The van der Waals surface area contributed by atoms with E-state index in [0.717, 1.165) is 23.1 Å². The topological polar surface area (TPSA) is 57.6 Å². The van der Waals surface area contributed by atoms with Crippen LogP contribution in [-0.4, -0.2) is 16.8 Å². The number of nitrogens with zero attached hydrogens (tertiary/aromatic N) is 1. The lowest BCUT2D eigenvalue weighted by molar-refractivity contribution is -0.136. The molecule has 0 aliphatic carbocycles. The third kappa shape index (κ3) is 3.55. The largest absolute Gasteiger partial charge is 0.375 e. The fourth-order valence-electron chi connectivity index (χ4n) is 3.97. The fraction of sp³-hybridized carbons (Fsp3) is 0.231. The first kappa shape index (κ1) is 20.0. The SMILES string of the molecule is CCc1ccc(C(=O)C[C@]2(O)C(=O)N(Cc3ccc(C)cc3)c3ccccc32)cc1. The number of hydrogen-bond donors (Lipinski definition) is 1. The third-order valence-electron chi connectivity index (χ3n) is 5.80. The maximum atomic E-state index is 13.3. The quantitative estimate of drug-likeness (QED) is 0.618. The molecule has 3 aromatic carbocycles. The van der Waals surface area contributed by atoms with Gasteiger partial charge in [-0.25, -0.2) is 0 Å². The van der Waals surface area contributed by atoms with E-state index in [1.165, 1.54) is 0 Å². The molecule has 1 aliphatic heterocycles. The zero-order valence-corrected chi connectivity index (χ0v) is 17.3. The van der Waals surface area contributed by atoms with Gasteiger partial charge < -0.3 is 10.0 Å². The predicted molar refractivity (Wildman–Crippen MR) is 117 cm³/mol. The van der Waals surface area contributed by atoms with E-state index in [9.17, 15) is 14.7 Å². The van der Waals surface area contributed by atoms with Crippen LogP contribution < -0.4 is 4.90 Å². The second-order valence-electron chi connectivity index (χ2n) is 7.90. The number of amides is 1. The molecular weight excluding hydrogens is 374 g/mol. The van der Waals surface area contributed by atoms with E-state index in [1.54, 1.807) is 29.2 Å². The van der Waals surface area contributed by atoms with Gasteiger partial charge in [0.25, 0.3) is 5.91 Å². The number of ketones is 1. The molecule has 4 nitrogen and oxygen atoms in total. The van der Waals surface area contributed by atoms with Crippen LogP contribution in [0.4, 0.5) is 5.69 Å². The fourth-order valence-corrected chi connectivity index (χ4v) is 3.97. The van der Waals surface area contributed by atoms with Crippen LogP contribution in [0.5, 0.6) is 0 Å². The monoisotopic (exact) mass is 399 g/mol. The standard InChI is InChI=1S/C26H25NO3/c1-3-19-12-14-21(15-13-19)24(28)16-26(30)22-6-4-5-7-23(22)27(25(26)29)17-20-10-8-18(2)9-11-20/h4-15,30H,3,16-17H2,1-2H3/t26-/m1/s1. The minimum atomic E-state index is -1.86. The summed E-state index contributed by atoms with van der Waals surface area (Å²) in [5.41, 5.74) is 3.03. The Bertz CT molecular complexity index is 1090. The van der Waals surface area contributed by atoms with E-state index in [0.29, 0.717) is 23.4 Å². The minimum absolute atomic E-state index is 0.250. The van der Waals surface area contributed by atoms with Gasteiger partial charge in [0.15, 0.2) is 11.4 Å². The number of rotatable bonds is 6. The van der Waals surface area contributed by atoms with Gasteiger partial charge in [-0.1, -0.05) is 79.2 Å². The van der Waals surface area contributed by atoms with Crippen molar-refractivity contribution < 1.29 is 14.7 Å². The highest BCUT2D eigenvalue weighted by Gasteiger charge is 2.50. The summed E-state index contributed by atoms with van der Waals surface area (Å²) in [7, 11) is 0. The molecule has 0 bridgehead atoms. The summed E-state index contributed by atoms with van der Waals surface area (Å²) in [5.74, 6) is -0.705. The van der Waals surface area contributed by atoms with E-state index in [-0.39, 0.29) is 12.2 Å². The highest BCUT2D eigenvalue weighted by Crippen LogP contribution is 2.43. The number of benzene rings is 3. The average Bonchev–Trinajstić information content (AvgIpc) is 2.97. The third-order valence-corrected chi connectivity index (χ3v) is 5.80. The highest BCUT2D eigenvalue weighted by molar-refractivity contribution is 6.10. The van der Waals surface area contributed by atoms with Crippen molar-refractivity contribution in [1.82, 2.24) is 0 Å². The van der Waals surface area contributed by atoms with Gasteiger partial charge in [-0.15, -0.1) is 0 Å². The normalized spacial score (nSPS) is 17.8. The minimum Gasteiger partial charge on any atom is -0.375 e. The molecule has 4 rings (SSSR count). The molecular formula is C26H25NO3. The van der Waals surface area contributed by atoms with Gasteiger partial charge >= 0.3 is 0 Å². The van der Waals surface area contributed by atoms with Gasteiger partial charge in [0.2, 0.25) is 0 Å². The zero-order chi connectivity index (χ0) is 21.3. The van der Waals surface area contributed by atoms with Crippen LogP contribution in [0, 0.1) is 6.92 Å². The molecule has 0 unspecified atom stereocenters. The molecule has 0 saturated carbocycles. The number of aliphatic hydroxyl groups is 1. The van der Waals surface area contributed by atoms with Gasteiger partial charge in [-0.3, -0.25) is 9.59 Å². The molecule has 1 atom stereocenters. The van der Waals surface area contributed by atoms with Crippen LogP contribution in [0.3, 0.4) is 0 Å². The van der Waals surface area contributed by atoms with Crippen LogP contribution in [0.15, 0.2) is 72.8 Å². The Balaban J connectivity index is 1.64. The van der Waals surface area contributed by atoms with Gasteiger partial charge in [0.05, 0.1) is 18.7 Å². The second-order valence-corrected chi connectivity index (χ2v) is 7.90. The number of anilines is 1. The van der Waals surface area contributed by atoms with Gasteiger partial charge in [0, 0.05) is 11.1 Å². The van der Waals surface area contributed by atoms with Crippen molar-refractivity contribution in [2.24, 2.45) is 0 Å². The smallest absolute Gasteiger partial charge is 0.264 e. The first-order chi connectivity index (χ1) is 14.4. The zero-order valence-electron chi connectivity index (χ0n) is 17.3. The van der Waals surface area contributed by atoms with Gasteiger partial charge in [-0.05, 0) is 30.5 Å². The molecule has 1 heterocycles. The summed E-state index contributed by atoms with van der Waals surface area (Å²) in [4.78, 5) is 27.9. The lowest BCUT2D eigenvalue weighted by Crippen LogP contribution is -2.41. The molecule has 0 saturated heterocycles. The second kappa shape index (κ2) is 7.88. The van der Waals surface area contributed by atoms with Crippen molar-refractivity contribution in [1.29, 1.82) is 0 Å². The molecule has 0 radical (unpaired) electrons. The molecule has 4 heteroatoms. The average molecular weight is 399 g/mol. The van der Waals surface area contributed by atoms with Crippen molar-refractivity contribution in [3.8, 4) is 0 Å². The van der Waals surface area contributed by atoms with Crippen molar-refractivity contribution in [3.63, 3.8) is 0 Å². The predicted octanol–water partition coefficient (Wildman–Crippen LogP) is 4.56. The number of Topliss-reactive ketones (excluding diaryl/α,β-unsaturated/α-hetero) is 1. The van der Waals surface area contributed by atoms with Gasteiger partial charge in [0.1, 0.15) is 0 Å². The molecule has 152 valence electrons. The van der Waals surface area contributed by atoms with Crippen LogP contribution in [-0.2, 0) is 23.4 Å². The van der Waals surface area contributed by atoms with Crippen LogP contribution in [0.1, 0.15) is 46.0 Å². The lowest BCUT2D eigenvalue weighted by atomic mass is 9.88. The van der Waals surface area contributed by atoms with E-state index >= 15 is 0 Å². The maximum Gasteiger partial charge on any atom is 0.264 e. The number of carbonyl (C=O) groups is 2. The Kier molecular flexibility index (Phi) is 5.27. The molecule has 30 heavy (non-hydrogen) atoms. The Morgan fingerprint density at radius 1 is 0.933 bits per heavy atom. The summed E-state index contributed by atoms with van der Waals surface area (Å²) in [6.45, 7) is 4.41. The Hall–Kier alpha value is -3.24. The van der Waals surface area contributed by atoms with Crippen molar-refractivity contribution in [2.75, 3.05) is 4.90 Å². The Morgan fingerprint density at radius 2 is 1.57 bits per heavy atom. The first-order valence-corrected chi connectivity index (χ1v) is 10.2. The van der Waals surface area contributed by atoms with Crippen LogP contribution >= 0.6 is 0 Å². The summed E-state index contributed by atoms with van der Waals surface area (Å²) in [6, 6.07) is 22.5. The lowest BCUT2D eigenvalue weighted by Gasteiger charge is -2.23. The number of fused-ring (bicyclic) bond motifs is 1. The van der Waals surface area contributed by atoms with Crippen LogP contribution in [0.2, 0.25) is 0 Å². The molecule has 1 amide bonds. The maximum absolute atomic E-state index is 13.3. The van der Waals surface area contributed by atoms with Crippen molar-refractivity contribution in [2.45, 2.75) is 38.8 Å². The molecule has 0 aromatic heterocycles.